The highest BCUT2D eigenvalue weighted by Gasteiger charge is 1.97. The second-order valence-electron chi connectivity index (χ2n) is 3.57. The Morgan fingerprint density at radius 3 is 2.79 bits per heavy atom. The van der Waals surface area contributed by atoms with Crippen LogP contribution < -0.4 is 4.74 Å². The van der Waals surface area contributed by atoms with Gasteiger partial charge in [0.25, 0.3) is 0 Å². The number of carbonyl (C=O) groups excluding carboxylic acids is 1. The largest absolute Gasteiger partial charge is 0.492 e. The van der Waals surface area contributed by atoms with Gasteiger partial charge in [0.05, 0.1) is 12.8 Å². The molecule has 1 heterocycles. The zero-order valence-electron chi connectivity index (χ0n) is 8.56. The van der Waals surface area contributed by atoms with Crippen LogP contribution in [0.2, 0.25) is 0 Å². The normalized spacial score (nSPS) is 10.2. The summed E-state index contributed by atoms with van der Waals surface area (Å²) >= 11 is 0. The minimum absolute atomic E-state index is 0.432. The summed E-state index contributed by atoms with van der Waals surface area (Å²) in [7, 11) is 0. The molecule has 3 heteroatoms. The average molecular weight is 193 g/mol. The maximum Gasteiger partial charge on any atom is 0.168 e. The molecule has 0 aliphatic carbocycles. The Labute approximate surface area is 84.1 Å². The molecule has 0 saturated heterocycles. The van der Waals surface area contributed by atoms with Crippen LogP contribution in [-0.4, -0.2) is 17.9 Å². The first-order valence-corrected chi connectivity index (χ1v) is 4.76. The topological polar surface area (TPSA) is 39.2 Å². The smallest absolute Gasteiger partial charge is 0.168 e. The second-order valence-corrected chi connectivity index (χ2v) is 3.57. The van der Waals surface area contributed by atoms with Gasteiger partial charge in [-0.15, -0.1) is 0 Å². The Balaban J connectivity index is 2.40. The number of rotatable bonds is 5. The van der Waals surface area contributed by atoms with Gasteiger partial charge in [-0.25, -0.2) is 4.98 Å². The van der Waals surface area contributed by atoms with E-state index in [-0.39, 0.29) is 0 Å². The minimum atomic E-state index is 0.432. The third kappa shape index (κ3) is 3.56. The number of hydrogen-bond donors (Lipinski definition) is 0. The lowest BCUT2D eigenvalue weighted by molar-refractivity contribution is 0.111. The lowest BCUT2D eigenvalue weighted by Crippen LogP contribution is -2.01. The van der Waals surface area contributed by atoms with Gasteiger partial charge >= 0.3 is 0 Å². The summed E-state index contributed by atoms with van der Waals surface area (Å²) in [6, 6.07) is 3.41. The summed E-state index contributed by atoms with van der Waals surface area (Å²) in [5.74, 6) is 1.36. The van der Waals surface area contributed by atoms with Crippen LogP contribution in [0.15, 0.2) is 18.3 Å². The van der Waals surface area contributed by atoms with Crippen LogP contribution in [0, 0.1) is 5.92 Å². The van der Waals surface area contributed by atoms with E-state index in [0.29, 0.717) is 18.2 Å². The van der Waals surface area contributed by atoms with Crippen molar-refractivity contribution in [3.63, 3.8) is 0 Å². The minimum Gasteiger partial charge on any atom is -0.492 e. The van der Waals surface area contributed by atoms with Crippen LogP contribution in [0.25, 0.3) is 0 Å². The third-order valence-corrected chi connectivity index (χ3v) is 1.84. The van der Waals surface area contributed by atoms with Crippen molar-refractivity contribution in [3.8, 4) is 5.75 Å². The van der Waals surface area contributed by atoms with Crippen LogP contribution in [0.5, 0.6) is 5.75 Å². The zero-order chi connectivity index (χ0) is 10.4. The van der Waals surface area contributed by atoms with Crippen molar-refractivity contribution < 1.29 is 9.53 Å². The Kier molecular flexibility index (Phi) is 4.11. The molecule has 0 amide bonds. The van der Waals surface area contributed by atoms with Gasteiger partial charge in [0.15, 0.2) is 6.29 Å². The highest BCUT2D eigenvalue weighted by molar-refractivity contribution is 5.71. The Bertz CT molecular complexity index is 280. The fourth-order valence-electron chi connectivity index (χ4n) is 0.959. The van der Waals surface area contributed by atoms with Crippen molar-refractivity contribution in [3.05, 3.63) is 24.0 Å². The predicted octanol–water partition coefficient (Wildman–Crippen LogP) is 2.32. The molecular formula is C11H15NO2. The maximum absolute atomic E-state index is 10.3. The first-order chi connectivity index (χ1) is 6.72. The van der Waals surface area contributed by atoms with E-state index in [1.54, 1.807) is 18.3 Å². The summed E-state index contributed by atoms with van der Waals surface area (Å²) in [5.41, 5.74) is 0.432. The monoisotopic (exact) mass is 193 g/mol. The molecule has 0 spiro atoms. The van der Waals surface area contributed by atoms with Crippen molar-refractivity contribution in [1.29, 1.82) is 0 Å². The lowest BCUT2D eigenvalue weighted by atomic mass is 10.1. The van der Waals surface area contributed by atoms with E-state index in [2.05, 4.69) is 18.8 Å². The summed E-state index contributed by atoms with van der Waals surface area (Å²) < 4.78 is 5.44. The van der Waals surface area contributed by atoms with Crippen LogP contribution in [0.3, 0.4) is 0 Å². The number of nitrogens with zero attached hydrogens (tertiary/aromatic N) is 1. The first-order valence-electron chi connectivity index (χ1n) is 4.76. The zero-order valence-corrected chi connectivity index (χ0v) is 8.56. The molecule has 1 aromatic heterocycles. The number of aldehydes is 1. The molecule has 0 atom stereocenters. The molecule has 0 fully saturated rings. The van der Waals surface area contributed by atoms with E-state index < -0.39 is 0 Å². The first kappa shape index (κ1) is 10.7. The SMILES string of the molecule is CC(C)CCOc1ccc(C=O)nc1. The molecule has 0 bridgehead atoms. The fraction of sp³-hybridized carbons (Fsp3) is 0.455. The molecule has 0 unspecified atom stereocenters. The molecule has 0 aliphatic rings. The van der Waals surface area contributed by atoms with Gasteiger partial charge in [0.2, 0.25) is 0 Å². The molecule has 14 heavy (non-hydrogen) atoms. The Hall–Kier alpha value is -1.38. The molecule has 0 N–H and O–H groups in total. The van der Waals surface area contributed by atoms with Crippen molar-refractivity contribution in [2.45, 2.75) is 20.3 Å². The molecule has 1 rings (SSSR count). The van der Waals surface area contributed by atoms with Gasteiger partial charge in [-0.3, -0.25) is 4.79 Å². The molecule has 3 nitrogen and oxygen atoms in total. The van der Waals surface area contributed by atoms with Crippen molar-refractivity contribution >= 4 is 6.29 Å². The molecule has 0 aromatic carbocycles. The van der Waals surface area contributed by atoms with Gasteiger partial charge in [0.1, 0.15) is 11.4 Å². The molecular weight excluding hydrogens is 178 g/mol. The fourth-order valence-corrected chi connectivity index (χ4v) is 0.959. The Morgan fingerprint density at radius 2 is 2.29 bits per heavy atom. The molecule has 76 valence electrons. The summed E-state index contributed by atoms with van der Waals surface area (Å²) in [5, 5.41) is 0. The maximum atomic E-state index is 10.3. The molecule has 0 radical (unpaired) electrons. The lowest BCUT2D eigenvalue weighted by Gasteiger charge is -2.07. The van der Waals surface area contributed by atoms with Crippen LogP contribution in [-0.2, 0) is 0 Å². The summed E-state index contributed by atoms with van der Waals surface area (Å²) in [6.07, 6.45) is 3.32. The van der Waals surface area contributed by atoms with Crippen LogP contribution >= 0.6 is 0 Å². The van der Waals surface area contributed by atoms with Crippen molar-refractivity contribution in [1.82, 2.24) is 4.98 Å². The second kappa shape index (κ2) is 5.37. The van der Waals surface area contributed by atoms with Gasteiger partial charge < -0.3 is 4.74 Å². The average Bonchev–Trinajstić information content (AvgIpc) is 2.18. The van der Waals surface area contributed by atoms with E-state index in [1.807, 2.05) is 0 Å². The van der Waals surface area contributed by atoms with Gasteiger partial charge in [0, 0.05) is 0 Å². The van der Waals surface area contributed by atoms with E-state index in [1.165, 1.54) is 0 Å². The van der Waals surface area contributed by atoms with E-state index >= 15 is 0 Å². The van der Waals surface area contributed by atoms with Gasteiger partial charge in [-0.1, -0.05) is 13.8 Å². The van der Waals surface area contributed by atoms with Crippen LogP contribution in [0.1, 0.15) is 30.8 Å². The molecule has 0 saturated carbocycles. The van der Waals surface area contributed by atoms with E-state index in [9.17, 15) is 4.79 Å². The number of ether oxygens (including phenoxy) is 1. The van der Waals surface area contributed by atoms with E-state index in [4.69, 9.17) is 4.74 Å². The quantitative estimate of drug-likeness (QED) is 0.674. The van der Waals surface area contributed by atoms with E-state index in [0.717, 1.165) is 18.5 Å². The predicted molar refractivity (Wildman–Crippen MR) is 54.6 cm³/mol. The van der Waals surface area contributed by atoms with Crippen molar-refractivity contribution in [2.24, 2.45) is 5.92 Å². The number of aromatic nitrogens is 1. The number of carbonyl (C=O) groups is 1. The van der Waals surface area contributed by atoms with Gasteiger partial charge in [-0.2, -0.15) is 0 Å². The number of hydrogen-bond acceptors (Lipinski definition) is 3. The highest BCUT2D eigenvalue weighted by Crippen LogP contribution is 2.09. The van der Waals surface area contributed by atoms with Crippen LogP contribution in [0.4, 0.5) is 0 Å². The summed E-state index contributed by atoms with van der Waals surface area (Å²) in [4.78, 5) is 14.2. The number of pyridine rings is 1. The standard InChI is InChI=1S/C11H15NO2/c1-9(2)5-6-14-11-4-3-10(8-13)12-7-11/h3-4,7-9H,5-6H2,1-2H3. The molecule has 1 aromatic rings. The van der Waals surface area contributed by atoms with Crippen molar-refractivity contribution in [2.75, 3.05) is 6.61 Å². The highest BCUT2D eigenvalue weighted by atomic mass is 16.5. The Morgan fingerprint density at radius 1 is 1.50 bits per heavy atom. The molecule has 0 aliphatic heterocycles. The summed E-state index contributed by atoms with van der Waals surface area (Å²) in [6.45, 7) is 4.99. The van der Waals surface area contributed by atoms with Gasteiger partial charge in [-0.05, 0) is 24.5 Å². The third-order valence-electron chi connectivity index (χ3n) is 1.84.